The second kappa shape index (κ2) is 7.88. The Morgan fingerprint density at radius 2 is 2.15 bits per heavy atom. The van der Waals surface area contributed by atoms with Gasteiger partial charge >= 0.3 is 0 Å². The van der Waals surface area contributed by atoms with Gasteiger partial charge in [0.25, 0.3) is 0 Å². The largest absolute Gasteiger partial charge is 0.487 e. The fourth-order valence-corrected chi connectivity index (χ4v) is 2.00. The second-order valence-corrected chi connectivity index (χ2v) is 5.02. The molecule has 0 spiro atoms. The molecule has 1 heterocycles. The number of benzene rings is 1. The first-order valence-electron chi connectivity index (χ1n) is 6.81. The highest BCUT2D eigenvalue weighted by Crippen LogP contribution is 2.14. The molecule has 0 unspecified atom stereocenters. The summed E-state index contributed by atoms with van der Waals surface area (Å²) in [7, 11) is 0. The summed E-state index contributed by atoms with van der Waals surface area (Å²) in [6.07, 6.45) is 2.88. The van der Waals surface area contributed by atoms with Crippen molar-refractivity contribution in [2.75, 3.05) is 6.54 Å². The van der Waals surface area contributed by atoms with Crippen molar-refractivity contribution in [1.82, 2.24) is 10.3 Å². The van der Waals surface area contributed by atoms with Gasteiger partial charge in [-0.25, -0.2) is 0 Å². The molecule has 0 radical (unpaired) electrons. The van der Waals surface area contributed by atoms with Gasteiger partial charge in [0.15, 0.2) is 0 Å². The Morgan fingerprint density at radius 1 is 1.25 bits per heavy atom. The van der Waals surface area contributed by atoms with Crippen LogP contribution in [0.15, 0.2) is 42.6 Å². The molecule has 0 aliphatic carbocycles. The standard InChI is InChI=1S/C16H19ClN2O/c1-2-8-18-10-15-6-7-16(11-19-15)20-12-13-4-3-5-14(17)9-13/h3-7,9,11,18H,2,8,10,12H2,1H3. The average Bonchev–Trinajstić information content (AvgIpc) is 2.47. The van der Waals surface area contributed by atoms with Gasteiger partial charge in [-0.05, 0) is 42.8 Å². The van der Waals surface area contributed by atoms with Crippen LogP contribution in [0.2, 0.25) is 5.02 Å². The molecule has 1 aromatic heterocycles. The zero-order chi connectivity index (χ0) is 14.2. The van der Waals surface area contributed by atoms with Crippen LogP contribution in [0.4, 0.5) is 0 Å². The van der Waals surface area contributed by atoms with Gasteiger partial charge in [-0.3, -0.25) is 4.98 Å². The molecule has 20 heavy (non-hydrogen) atoms. The van der Waals surface area contributed by atoms with Crippen molar-refractivity contribution in [2.45, 2.75) is 26.5 Å². The number of pyridine rings is 1. The number of hydrogen-bond acceptors (Lipinski definition) is 3. The Bertz CT molecular complexity index is 528. The van der Waals surface area contributed by atoms with Gasteiger partial charge in [0.2, 0.25) is 0 Å². The molecule has 106 valence electrons. The van der Waals surface area contributed by atoms with E-state index >= 15 is 0 Å². The number of halogens is 1. The molecule has 3 nitrogen and oxygen atoms in total. The summed E-state index contributed by atoms with van der Waals surface area (Å²) < 4.78 is 5.69. The van der Waals surface area contributed by atoms with Crippen LogP contribution < -0.4 is 10.1 Å². The van der Waals surface area contributed by atoms with Crippen LogP contribution in [0.3, 0.4) is 0 Å². The van der Waals surface area contributed by atoms with E-state index in [2.05, 4.69) is 17.2 Å². The van der Waals surface area contributed by atoms with Crippen LogP contribution in [0.1, 0.15) is 24.6 Å². The van der Waals surface area contributed by atoms with Gasteiger partial charge in [0.05, 0.1) is 11.9 Å². The van der Waals surface area contributed by atoms with Crippen LogP contribution in [0.25, 0.3) is 0 Å². The summed E-state index contributed by atoms with van der Waals surface area (Å²) in [5.41, 5.74) is 2.07. The quantitative estimate of drug-likeness (QED) is 0.787. The van der Waals surface area contributed by atoms with E-state index in [0.29, 0.717) is 6.61 Å². The molecule has 0 aliphatic heterocycles. The molecule has 0 saturated carbocycles. The van der Waals surface area contributed by atoms with Crippen molar-refractivity contribution in [3.05, 3.63) is 58.9 Å². The predicted molar refractivity (Wildman–Crippen MR) is 82.0 cm³/mol. The summed E-state index contributed by atoms with van der Waals surface area (Å²) in [5.74, 6) is 0.768. The lowest BCUT2D eigenvalue weighted by Gasteiger charge is -2.07. The first-order chi connectivity index (χ1) is 9.78. The van der Waals surface area contributed by atoms with Gasteiger partial charge < -0.3 is 10.1 Å². The van der Waals surface area contributed by atoms with Crippen LogP contribution in [0, 0.1) is 0 Å². The minimum atomic E-state index is 0.496. The molecule has 4 heteroatoms. The van der Waals surface area contributed by atoms with Crippen LogP contribution >= 0.6 is 11.6 Å². The summed E-state index contributed by atoms with van der Waals surface area (Å²) in [4.78, 5) is 4.37. The normalized spacial score (nSPS) is 10.5. The van der Waals surface area contributed by atoms with E-state index in [1.165, 1.54) is 0 Å². The minimum absolute atomic E-state index is 0.496. The van der Waals surface area contributed by atoms with E-state index in [1.807, 2.05) is 36.4 Å². The highest BCUT2D eigenvalue weighted by Gasteiger charge is 1.99. The molecule has 0 bridgehead atoms. The fourth-order valence-electron chi connectivity index (χ4n) is 1.79. The number of ether oxygens (including phenoxy) is 1. The third-order valence-electron chi connectivity index (χ3n) is 2.83. The van der Waals surface area contributed by atoms with Crippen molar-refractivity contribution >= 4 is 11.6 Å². The molecule has 0 amide bonds. The minimum Gasteiger partial charge on any atom is -0.487 e. The third kappa shape index (κ3) is 4.83. The van der Waals surface area contributed by atoms with Crippen molar-refractivity contribution in [2.24, 2.45) is 0 Å². The lowest BCUT2D eigenvalue weighted by atomic mass is 10.2. The zero-order valence-corrected chi connectivity index (χ0v) is 12.4. The summed E-state index contributed by atoms with van der Waals surface area (Å²) in [6, 6.07) is 11.6. The van der Waals surface area contributed by atoms with E-state index in [-0.39, 0.29) is 0 Å². The second-order valence-electron chi connectivity index (χ2n) is 4.58. The SMILES string of the molecule is CCCNCc1ccc(OCc2cccc(Cl)c2)cn1. The highest BCUT2D eigenvalue weighted by molar-refractivity contribution is 6.30. The Labute approximate surface area is 124 Å². The smallest absolute Gasteiger partial charge is 0.138 e. The van der Waals surface area contributed by atoms with Gasteiger partial charge in [-0.2, -0.15) is 0 Å². The number of aromatic nitrogens is 1. The number of nitrogens with one attached hydrogen (secondary N) is 1. The Kier molecular flexibility index (Phi) is 5.84. The van der Waals surface area contributed by atoms with Crippen molar-refractivity contribution in [3.8, 4) is 5.75 Å². The van der Waals surface area contributed by atoms with Crippen molar-refractivity contribution in [3.63, 3.8) is 0 Å². The molecular weight excluding hydrogens is 272 g/mol. The zero-order valence-electron chi connectivity index (χ0n) is 11.6. The predicted octanol–water partition coefficient (Wildman–Crippen LogP) is 3.81. The molecule has 2 rings (SSSR count). The van der Waals surface area contributed by atoms with Gasteiger partial charge in [0, 0.05) is 11.6 Å². The van der Waals surface area contributed by atoms with Crippen LogP contribution in [-0.2, 0) is 13.2 Å². The lowest BCUT2D eigenvalue weighted by molar-refractivity contribution is 0.305. The average molecular weight is 291 g/mol. The number of hydrogen-bond donors (Lipinski definition) is 1. The van der Waals surface area contributed by atoms with E-state index in [1.54, 1.807) is 6.20 Å². The Balaban J connectivity index is 1.84. The number of rotatable bonds is 7. The van der Waals surface area contributed by atoms with Crippen LogP contribution in [0.5, 0.6) is 5.75 Å². The van der Waals surface area contributed by atoms with E-state index in [9.17, 15) is 0 Å². The summed E-state index contributed by atoms with van der Waals surface area (Å²) in [6.45, 7) is 4.44. The van der Waals surface area contributed by atoms with E-state index < -0.39 is 0 Å². The van der Waals surface area contributed by atoms with Crippen LogP contribution in [-0.4, -0.2) is 11.5 Å². The molecule has 1 aromatic carbocycles. The number of nitrogens with zero attached hydrogens (tertiary/aromatic N) is 1. The van der Waals surface area contributed by atoms with Crippen molar-refractivity contribution in [1.29, 1.82) is 0 Å². The molecule has 1 N–H and O–H groups in total. The maximum Gasteiger partial charge on any atom is 0.138 e. The third-order valence-corrected chi connectivity index (χ3v) is 3.06. The monoisotopic (exact) mass is 290 g/mol. The maximum absolute atomic E-state index is 5.93. The topological polar surface area (TPSA) is 34.1 Å². The summed E-state index contributed by atoms with van der Waals surface area (Å²) in [5, 5.41) is 4.04. The van der Waals surface area contributed by atoms with Gasteiger partial charge in [-0.1, -0.05) is 30.7 Å². The fraction of sp³-hybridized carbons (Fsp3) is 0.312. The molecule has 0 atom stereocenters. The van der Waals surface area contributed by atoms with E-state index in [0.717, 1.165) is 41.5 Å². The maximum atomic E-state index is 5.93. The first-order valence-corrected chi connectivity index (χ1v) is 7.18. The molecular formula is C16H19ClN2O. The molecule has 2 aromatic rings. The Hall–Kier alpha value is -1.58. The lowest BCUT2D eigenvalue weighted by Crippen LogP contribution is -2.14. The Morgan fingerprint density at radius 3 is 2.85 bits per heavy atom. The van der Waals surface area contributed by atoms with Crippen molar-refractivity contribution < 1.29 is 4.74 Å². The summed E-state index contributed by atoms with van der Waals surface area (Å²) >= 11 is 5.93. The van der Waals surface area contributed by atoms with Gasteiger partial charge in [0.1, 0.15) is 12.4 Å². The molecule has 0 fully saturated rings. The van der Waals surface area contributed by atoms with E-state index in [4.69, 9.17) is 16.3 Å². The molecule has 0 saturated heterocycles. The first kappa shape index (κ1) is 14.8. The molecule has 0 aliphatic rings. The van der Waals surface area contributed by atoms with Gasteiger partial charge in [-0.15, -0.1) is 0 Å². The highest BCUT2D eigenvalue weighted by atomic mass is 35.5.